The summed E-state index contributed by atoms with van der Waals surface area (Å²) in [6.45, 7) is 8.85. The maximum absolute atomic E-state index is 5.87. The summed E-state index contributed by atoms with van der Waals surface area (Å²) in [5, 5.41) is 0. The second-order valence-electron chi connectivity index (χ2n) is 8.41. The third kappa shape index (κ3) is 4.07. The van der Waals surface area contributed by atoms with E-state index in [0.717, 1.165) is 38.1 Å². The molecule has 0 aromatic rings. The number of allylic oxidation sites excluding steroid dienone is 3. The molecule has 2 heterocycles. The first kappa shape index (κ1) is 19.2. The van der Waals surface area contributed by atoms with E-state index in [4.69, 9.17) is 14.2 Å². The zero-order chi connectivity index (χ0) is 18.6. The Hall–Kier alpha value is -1.52. The van der Waals surface area contributed by atoms with Gasteiger partial charge in [0.2, 0.25) is 0 Å². The van der Waals surface area contributed by atoms with Crippen LogP contribution < -0.4 is 0 Å². The first-order valence-electron chi connectivity index (χ1n) is 9.76. The van der Waals surface area contributed by atoms with Crippen LogP contribution in [-0.2, 0) is 14.2 Å². The normalized spacial score (nSPS) is 28.0. The number of methoxy groups -OCH3 is 1. The smallest absolute Gasteiger partial charge is 0.156 e. The van der Waals surface area contributed by atoms with Gasteiger partial charge in [-0.05, 0) is 52.5 Å². The van der Waals surface area contributed by atoms with Gasteiger partial charge in [-0.2, -0.15) is 0 Å². The highest BCUT2D eigenvalue weighted by Crippen LogP contribution is 2.43. The van der Waals surface area contributed by atoms with Crippen LogP contribution in [0.3, 0.4) is 0 Å². The van der Waals surface area contributed by atoms with Gasteiger partial charge in [0.15, 0.2) is 5.76 Å². The molecule has 4 heteroatoms. The maximum Gasteiger partial charge on any atom is 0.156 e. The Morgan fingerprint density at radius 1 is 1.35 bits per heavy atom. The lowest BCUT2D eigenvalue weighted by Crippen LogP contribution is -2.56. The lowest BCUT2D eigenvalue weighted by atomic mass is 9.69. The monoisotopic (exact) mass is 359 g/mol. The Bertz CT molecular complexity index is 617. The molecule has 26 heavy (non-hydrogen) atoms. The molecular formula is C22H33NO3. The Balaban J connectivity index is 1.82. The minimum atomic E-state index is -0.165. The van der Waals surface area contributed by atoms with Crippen molar-refractivity contribution in [3.05, 3.63) is 48.3 Å². The van der Waals surface area contributed by atoms with Crippen molar-refractivity contribution >= 4 is 0 Å². The Kier molecular flexibility index (Phi) is 5.93. The first-order chi connectivity index (χ1) is 12.5. The van der Waals surface area contributed by atoms with Gasteiger partial charge in [-0.3, -0.25) is 4.90 Å². The second kappa shape index (κ2) is 8.01. The molecule has 1 fully saturated rings. The summed E-state index contributed by atoms with van der Waals surface area (Å²) < 4.78 is 17.2. The van der Waals surface area contributed by atoms with Crippen molar-refractivity contribution in [2.75, 3.05) is 20.2 Å². The van der Waals surface area contributed by atoms with E-state index >= 15 is 0 Å². The second-order valence-corrected chi connectivity index (χ2v) is 8.41. The molecule has 4 nitrogen and oxygen atoms in total. The minimum Gasteiger partial charge on any atom is -0.466 e. The number of likely N-dealkylation sites (tertiary alicyclic amines) is 1. The van der Waals surface area contributed by atoms with Crippen LogP contribution in [0.5, 0.6) is 0 Å². The van der Waals surface area contributed by atoms with Crippen LogP contribution in [0.25, 0.3) is 0 Å². The molecule has 1 aliphatic carbocycles. The number of piperidine rings is 1. The van der Waals surface area contributed by atoms with Gasteiger partial charge in [0.25, 0.3) is 0 Å². The lowest BCUT2D eigenvalue weighted by molar-refractivity contribution is -0.114. The summed E-state index contributed by atoms with van der Waals surface area (Å²) in [5.41, 5.74) is 1.42. The van der Waals surface area contributed by atoms with Gasteiger partial charge in [-0.25, -0.2) is 0 Å². The number of ether oxygens (including phenoxy) is 3. The van der Waals surface area contributed by atoms with Crippen molar-refractivity contribution in [2.24, 2.45) is 5.41 Å². The summed E-state index contributed by atoms with van der Waals surface area (Å²) >= 11 is 0. The number of rotatable bonds is 6. The fourth-order valence-corrected chi connectivity index (χ4v) is 4.19. The summed E-state index contributed by atoms with van der Waals surface area (Å²) in [7, 11) is 1.83. The van der Waals surface area contributed by atoms with Crippen LogP contribution in [0.15, 0.2) is 48.3 Å². The summed E-state index contributed by atoms with van der Waals surface area (Å²) in [6, 6.07) is 0.199. The van der Waals surface area contributed by atoms with Crippen molar-refractivity contribution < 1.29 is 14.2 Å². The van der Waals surface area contributed by atoms with Gasteiger partial charge in [-0.15, -0.1) is 0 Å². The van der Waals surface area contributed by atoms with Crippen LogP contribution in [0, 0.1) is 5.41 Å². The van der Waals surface area contributed by atoms with Gasteiger partial charge in [-0.1, -0.05) is 30.7 Å². The molecule has 0 aromatic heterocycles. The molecule has 0 radical (unpaired) electrons. The van der Waals surface area contributed by atoms with Gasteiger partial charge >= 0.3 is 0 Å². The van der Waals surface area contributed by atoms with Crippen LogP contribution in [0.2, 0.25) is 0 Å². The predicted molar refractivity (Wildman–Crippen MR) is 104 cm³/mol. The first-order valence-corrected chi connectivity index (χ1v) is 9.76. The van der Waals surface area contributed by atoms with E-state index < -0.39 is 0 Å². The molecule has 0 N–H and O–H groups in total. The van der Waals surface area contributed by atoms with Crippen LogP contribution in [0.1, 0.15) is 52.9 Å². The van der Waals surface area contributed by atoms with Crippen molar-refractivity contribution in [1.29, 1.82) is 0 Å². The number of nitrogens with zero attached hydrogens (tertiary/aromatic N) is 1. The Morgan fingerprint density at radius 3 is 2.85 bits per heavy atom. The third-order valence-electron chi connectivity index (χ3n) is 6.54. The average molecular weight is 360 g/mol. The van der Waals surface area contributed by atoms with Crippen molar-refractivity contribution in [3.8, 4) is 0 Å². The SMILES string of the molecule is COC(C)(C)C1(C)CCCN(C(CC2=CC=CCC2)C2=COC=CO2)C1. The average Bonchev–Trinajstić information content (AvgIpc) is 2.67. The van der Waals surface area contributed by atoms with Crippen molar-refractivity contribution in [2.45, 2.75) is 64.5 Å². The summed E-state index contributed by atoms with van der Waals surface area (Å²) in [6.07, 6.45) is 17.2. The van der Waals surface area contributed by atoms with E-state index in [2.05, 4.69) is 43.9 Å². The van der Waals surface area contributed by atoms with Gasteiger partial charge in [0, 0.05) is 19.1 Å². The fraction of sp³-hybridized carbons (Fsp3) is 0.636. The highest BCUT2D eigenvalue weighted by atomic mass is 16.5. The maximum atomic E-state index is 5.87. The number of hydrogen-bond acceptors (Lipinski definition) is 4. The van der Waals surface area contributed by atoms with E-state index in [0.29, 0.717) is 0 Å². The topological polar surface area (TPSA) is 30.9 Å². The molecule has 1 saturated heterocycles. The zero-order valence-electron chi connectivity index (χ0n) is 16.7. The molecule has 2 atom stereocenters. The van der Waals surface area contributed by atoms with E-state index in [1.165, 1.54) is 18.4 Å². The molecule has 3 rings (SSSR count). The van der Waals surface area contributed by atoms with Crippen LogP contribution >= 0.6 is 0 Å². The Labute approximate surface area is 158 Å². The fourth-order valence-electron chi connectivity index (χ4n) is 4.19. The molecule has 0 bridgehead atoms. The molecule has 2 unspecified atom stereocenters. The molecule has 2 aliphatic heterocycles. The molecule has 0 amide bonds. The Morgan fingerprint density at radius 2 is 2.19 bits per heavy atom. The molecule has 0 spiro atoms. The molecule has 3 aliphatic rings. The van der Waals surface area contributed by atoms with Crippen molar-refractivity contribution in [1.82, 2.24) is 4.90 Å². The largest absolute Gasteiger partial charge is 0.466 e. The van der Waals surface area contributed by atoms with E-state index in [1.54, 1.807) is 18.8 Å². The van der Waals surface area contributed by atoms with E-state index in [9.17, 15) is 0 Å². The lowest BCUT2D eigenvalue weighted by Gasteiger charge is -2.51. The standard InChI is InChI=1S/C22H33NO3/c1-21(2,24-4)22(3)11-8-12-23(17-22)19(20-16-25-13-14-26-20)15-18-9-6-5-7-10-18/h5-6,9,13-14,16,19H,7-8,10-12,15,17H2,1-4H3. The minimum absolute atomic E-state index is 0.102. The molecular weight excluding hydrogens is 326 g/mol. The zero-order valence-corrected chi connectivity index (χ0v) is 16.7. The van der Waals surface area contributed by atoms with Crippen LogP contribution in [-0.4, -0.2) is 36.7 Å². The molecule has 0 saturated carbocycles. The van der Waals surface area contributed by atoms with Crippen molar-refractivity contribution in [3.63, 3.8) is 0 Å². The highest BCUT2D eigenvalue weighted by molar-refractivity contribution is 5.21. The molecule has 144 valence electrons. The van der Waals surface area contributed by atoms with Crippen LogP contribution in [0.4, 0.5) is 0 Å². The van der Waals surface area contributed by atoms with Gasteiger partial charge in [0.1, 0.15) is 18.8 Å². The quantitative estimate of drug-likeness (QED) is 0.674. The third-order valence-corrected chi connectivity index (χ3v) is 6.54. The number of hydrogen-bond donors (Lipinski definition) is 0. The summed E-state index contributed by atoms with van der Waals surface area (Å²) in [4.78, 5) is 2.57. The van der Waals surface area contributed by atoms with Gasteiger partial charge < -0.3 is 14.2 Å². The predicted octanol–water partition coefficient (Wildman–Crippen LogP) is 4.91. The highest BCUT2D eigenvalue weighted by Gasteiger charge is 2.46. The van der Waals surface area contributed by atoms with E-state index in [-0.39, 0.29) is 17.1 Å². The summed E-state index contributed by atoms with van der Waals surface area (Å²) in [5.74, 6) is 0.905. The van der Waals surface area contributed by atoms with E-state index in [1.807, 2.05) is 7.11 Å². The van der Waals surface area contributed by atoms with Gasteiger partial charge in [0.05, 0.1) is 11.6 Å². The molecule has 0 aromatic carbocycles.